The third-order valence-corrected chi connectivity index (χ3v) is 1.11. The van der Waals surface area contributed by atoms with Crippen LogP contribution in [0.5, 0.6) is 0 Å². The molecule has 4 heteroatoms. The van der Waals surface area contributed by atoms with E-state index in [1.165, 1.54) is 6.26 Å². The minimum absolute atomic E-state index is 0. The van der Waals surface area contributed by atoms with Crippen molar-refractivity contribution in [3.8, 4) is 0 Å². The van der Waals surface area contributed by atoms with Crippen LogP contribution in [0.15, 0.2) is 22.8 Å². The lowest BCUT2D eigenvalue weighted by molar-refractivity contribution is 0.252. The predicted octanol–water partition coefficient (Wildman–Crippen LogP) is 0.694. The molecular weight excluding hydrogens is 154 g/mol. The summed E-state index contributed by atoms with van der Waals surface area (Å²) in [6.07, 6.45) is 1.53. The van der Waals surface area contributed by atoms with Gasteiger partial charge in [-0.05, 0) is 12.1 Å². The van der Waals surface area contributed by atoms with Gasteiger partial charge in [-0.15, -0.1) is 12.4 Å². The first-order valence-corrected chi connectivity index (χ1v) is 2.74. The zero-order valence-electron chi connectivity index (χ0n) is 5.36. The van der Waals surface area contributed by atoms with Crippen molar-refractivity contribution in [2.24, 2.45) is 5.73 Å². The normalized spacial score (nSPS) is 12.2. The lowest BCUT2D eigenvalue weighted by atomic mass is 10.2. The first-order valence-electron chi connectivity index (χ1n) is 2.74. The van der Waals surface area contributed by atoms with Gasteiger partial charge in [-0.2, -0.15) is 0 Å². The largest absolute Gasteiger partial charge is 0.468 e. The zero-order chi connectivity index (χ0) is 6.69. The molecule has 1 heterocycles. The molecule has 0 amide bonds. The van der Waals surface area contributed by atoms with Gasteiger partial charge in [-0.1, -0.05) is 0 Å². The summed E-state index contributed by atoms with van der Waals surface area (Å²) in [4.78, 5) is 0. The van der Waals surface area contributed by atoms with Gasteiger partial charge in [-0.3, -0.25) is 0 Å². The van der Waals surface area contributed by atoms with Gasteiger partial charge in [0.1, 0.15) is 5.76 Å². The monoisotopic (exact) mass is 163 g/mol. The number of hydrogen-bond donors (Lipinski definition) is 2. The molecule has 0 unspecified atom stereocenters. The third kappa shape index (κ3) is 2.02. The van der Waals surface area contributed by atoms with Crippen molar-refractivity contribution >= 4 is 12.4 Å². The van der Waals surface area contributed by atoms with Crippen LogP contribution in [0, 0.1) is 0 Å². The number of nitrogens with two attached hydrogens (primary N) is 1. The molecule has 0 bridgehead atoms. The number of halogens is 1. The van der Waals surface area contributed by atoms with Crippen LogP contribution in [0.3, 0.4) is 0 Å². The van der Waals surface area contributed by atoms with Crippen molar-refractivity contribution in [1.29, 1.82) is 0 Å². The van der Waals surface area contributed by atoms with Crippen LogP contribution >= 0.6 is 12.4 Å². The first-order chi connectivity index (χ1) is 4.34. The van der Waals surface area contributed by atoms with Crippen molar-refractivity contribution in [1.82, 2.24) is 0 Å². The second-order valence-electron chi connectivity index (χ2n) is 1.80. The summed E-state index contributed by atoms with van der Waals surface area (Å²) in [5.41, 5.74) is 5.39. The highest BCUT2D eigenvalue weighted by Crippen LogP contribution is 2.08. The maximum Gasteiger partial charge on any atom is 0.122 e. The van der Waals surface area contributed by atoms with E-state index in [2.05, 4.69) is 0 Å². The highest BCUT2D eigenvalue weighted by Gasteiger charge is 2.04. The molecule has 0 aliphatic heterocycles. The van der Waals surface area contributed by atoms with E-state index in [0.717, 1.165) is 0 Å². The molecule has 1 rings (SSSR count). The van der Waals surface area contributed by atoms with E-state index in [1.54, 1.807) is 12.1 Å². The Kier molecular flexibility index (Phi) is 4.11. The third-order valence-electron chi connectivity index (χ3n) is 1.11. The van der Waals surface area contributed by atoms with Crippen molar-refractivity contribution in [3.05, 3.63) is 24.2 Å². The summed E-state index contributed by atoms with van der Waals surface area (Å²) >= 11 is 0. The quantitative estimate of drug-likeness (QED) is 0.675. The Balaban J connectivity index is 0.000000810. The Morgan fingerprint density at radius 3 is 2.80 bits per heavy atom. The summed E-state index contributed by atoms with van der Waals surface area (Å²) in [5.74, 6) is 0.623. The van der Waals surface area contributed by atoms with Gasteiger partial charge in [0, 0.05) is 0 Å². The highest BCUT2D eigenvalue weighted by atomic mass is 35.5. The number of aliphatic hydroxyl groups excluding tert-OH is 1. The maximum absolute atomic E-state index is 8.52. The summed E-state index contributed by atoms with van der Waals surface area (Å²) in [6.45, 7) is -0.0759. The van der Waals surface area contributed by atoms with Gasteiger partial charge in [0.15, 0.2) is 0 Å². The van der Waals surface area contributed by atoms with E-state index >= 15 is 0 Å². The maximum atomic E-state index is 8.52. The van der Waals surface area contributed by atoms with E-state index in [-0.39, 0.29) is 25.1 Å². The van der Waals surface area contributed by atoms with Gasteiger partial charge in [0.2, 0.25) is 0 Å². The predicted molar refractivity (Wildman–Crippen MR) is 40.0 cm³/mol. The summed E-state index contributed by atoms with van der Waals surface area (Å²) in [7, 11) is 0. The van der Waals surface area contributed by atoms with E-state index in [9.17, 15) is 0 Å². The summed E-state index contributed by atoms with van der Waals surface area (Å²) < 4.78 is 4.90. The SMILES string of the molecule is Cl.N[C@@H](CO)c1ccco1. The van der Waals surface area contributed by atoms with Crippen molar-refractivity contribution < 1.29 is 9.52 Å². The molecular formula is C6H10ClNO2. The molecule has 3 nitrogen and oxygen atoms in total. The van der Waals surface area contributed by atoms with Gasteiger partial charge in [-0.25, -0.2) is 0 Å². The molecule has 10 heavy (non-hydrogen) atoms. The average molecular weight is 164 g/mol. The lowest BCUT2D eigenvalue weighted by Gasteiger charge is -2.00. The fourth-order valence-electron chi connectivity index (χ4n) is 0.592. The fraction of sp³-hybridized carbons (Fsp3) is 0.333. The van der Waals surface area contributed by atoms with Crippen LogP contribution in [0.2, 0.25) is 0 Å². The van der Waals surface area contributed by atoms with Crippen molar-refractivity contribution in [2.45, 2.75) is 6.04 Å². The molecule has 0 fully saturated rings. The number of furan rings is 1. The lowest BCUT2D eigenvalue weighted by Crippen LogP contribution is -2.13. The molecule has 0 aliphatic carbocycles. The smallest absolute Gasteiger partial charge is 0.122 e. The molecule has 1 atom stereocenters. The standard InChI is InChI=1S/C6H9NO2.ClH/c7-5(4-8)6-2-1-3-9-6;/h1-3,5,8H,4,7H2;1H/t5-;/m0./s1. The fourth-order valence-corrected chi connectivity index (χ4v) is 0.592. The van der Waals surface area contributed by atoms with Crippen LogP contribution in [0.25, 0.3) is 0 Å². The number of hydrogen-bond acceptors (Lipinski definition) is 3. The van der Waals surface area contributed by atoms with E-state index in [0.29, 0.717) is 5.76 Å². The Bertz CT molecular complexity index is 164. The van der Waals surface area contributed by atoms with Crippen molar-refractivity contribution in [3.63, 3.8) is 0 Å². The molecule has 0 saturated carbocycles. The van der Waals surface area contributed by atoms with Gasteiger partial charge in [0.25, 0.3) is 0 Å². The molecule has 3 N–H and O–H groups in total. The Morgan fingerprint density at radius 1 is 1.70 bits per heavy atom. The molecule has 0 aliphatic rings. The van der Waals surface area contributed by atoms with Gasteiger partial charge >= 0.3 is 0 Å². The minimum Gasteiger partial charge on any atom is -0.468 e. The van der Waals surface area contributed by atoms with Crippen LogP contribution in [0.1, 0.15) is 11.8 Å². The molecule has 1 aromatic rings. The molecule has 1 aromatic heterocycles. The number of rotatable bonds is 2. The Labute approximate surface area is 65.2 Å². The molecule has 58 valence electrons. The Morgan fingerprint density at radius 2 is 2.40 bits per heavy atom. The summed E-state index contributed by atoms with van der Waals surface area (Å²) in [6, 6.07) is 3.10. The highest BCUT2D eigenvalue weighted by molar-refractivity contribution is 5.85. The van der Waals surface area contributed by atoms with E-state index < -0.39 is 0 Å². The zero-order valence-corrected chi connectivity index (χ0v) is 6.17. The van der Waals surface area contributed by atoms with Crippen LogP contribution in [-0.4, -0.2) is 11.7 Å². The molecule has 0 aromatic carbocycles. The summed E-state index contributed by atoms with van der Waals surface area (Å²) in [5, 5.41) is 8.52. The van der Waals surface area contributed by atoms with E-state index in [4.69, 9.17) is 15.3 Å². The van der Waals surface area contributed by atoms with E-state index in [1.807, 2.05) is 0 Å². The molecule has 0 saturated heterocycles. The topological polar surface area (TPSA) is 59.4 Å². The number of aliphatic hydroxyl groups is 1. The minimum atomic E-state index is -0.375. The van der Waals surface area contributed by atoms with Crippen LogP contribution in [-0.2, 0) is 0 Å². The van der Waals surface area contributed by atoms with Crippen LogP contribution in [0.4, 0.5) is 0 Å². The van der Waals surface area contributed by atoms with Gasteiger partial charge < -0.3 is 15.3 Å². The molecule has 0 radical (unpaired) electrons. The average Bonchev–Trinajstić information content (AvgIpc) is 2.37. The van der Waals surface area contributed by atoms with Crippen LogP contribution < -0.4 is 5.73 Å². The second kappa shape index (κ2) is 4.33. The molecule has 0 spiro atoms. The second-order valence-corrected chi connectivity index (χ2v) is 1.80. The first kappa shape index (κ1) is 9.49. The van der Waals surface area contributed by atoms with Gasteiger partial charge in [0.05, 0.1) is 18.9 Å². The Hall–Kier alpha value is -0.510. The van der Waals surface area contributed by atoms with Crippen molar-refractivity contribution in [2.75, 3.05) is 6.61 Å².